The lowest BCUT2D eigenvalue weighted by atomic mass is 9.93. The van der Waals surface area contributed by atoms with Crippen LogP contribution in [0, 0.1) is 25.6 Å². The summed E-state index contributed by atoms with van der Waals surface area (Å²) in [4.78, 5) is 19.0. The molecule has 1 amide bonds. The maximum atomic E-state index is 13.8. The molecule has 25 heavy (non-hydrogen) atoms. The van der Waals surface area contributed by atoms with Crippen molar-refractivity contribution >= 4 is 17.2 Å². The molecule has 1 aliphatic rings. The monoisotopic (exact) mass is 360 g/mol. The van der Waals surface area contributed by atoms with Crippen molar-refractivity contribution < 1.29 is 9.18 Å². The predicted octanol–water partition coefficient (Wildman–Crippen LogP) is 4.75. The van der Waals surface area contributed by atoms with E-state index < -0.39 is 0 Å². The zero-order valence-electron chi connectivity index (χ0n) is 15.5. The summed E-state index contributed by atoms with van der Waals surface area (Å²) in [6.07, 6.45) is 2.48. The summed E-state index contributed by atoms with van der Waals surface area (Å²) in [7, 11) is 0. The molecule has 1 fully saturated rings. The third-order valence-electron chi connectivity index (χ3n) is 4.67. The quantitative estimate of drug-likeness (QED) is 0.777. The second-order valence-electron chi connectivity index (χ2n) is 7.93. The Hall–Kier alpha value is -1.75. The van der Waals surface area contributed by atoms with Crippen molar-refractivity contribution in [1.29, 1.82) is 0 Å². The van der Waals surface area contributed by atoms with Gasteiger partial charge in [0.2, 0.25) is 0 Å². The first-order valence-corrected chi connectivity index (χ1v) is 9.55. The average Bonchev–Trinajstić information content (AvgIpc) is 3.28. The molecule has 3 nitrogen and oxygen atoms in total. The van der Waals surface area contributed by atoms with Crippen molar-refractivity contribution in [3.63, 3.8) is 0 Å². The molecule has 0 atom stereocenters. The molecule has 0 radical (unpaired) electrons. The average molecular weight is 360 g/mol. The minimum atomic E-state index is -0.372. The Morgan fingerprint density at radius 3 is 2.60 bits per heavy atom. The maximum absolute atomic E-state index is 13.8. The molecule has 0 spiro atoms. The minimum Gasteiger partial charge on any atom is -0.320 e. The number of hydrogen-bond acceptors (Lipinski definition) is 2. The van der Waals surface area contributed by atoms with Gasteiger partial charge in [0, 0.05) is 22.7 Å². The topological polar surface area (TPSA) is 34.4 Å². The van der Waals surface area contributed by atoms with Crippen LogP contribution in [0.5, 0.6) is 0 Å². The van der Waals surface area contributed by atoms with E-state index >= 15 is 0 Å². The second kappa shape index (κ2) is 6.52. The van der Waals surface area contributed by atoms with Gasteiger partial charge in [-0.1, -0.05) is 26.8 Å². The molecule has 1 heterocycles. The largest absolute Gasteiger partial charge is 0.320 e. The third-order valence-corrected chi connectivity index (χ3v) is 6.28. The summed E-state index contributed by atoms with van der Waals surface area (Å²) in [6, 6.07) is 4.57. The van der Waals surface area contributed by atoms with Crippen LogP contribution < -0.4 is 4.80 Å². The number of rotatable bonds is 3. The molecule has 2 aromatic rings. The first-order chi connectivity index (χ1) is 11.7. The first-order valence-electron chi connectivity index (χ1n) is 8.73. The summed E-state index contributed by atoms with van der Waals surface area (Å²) in [6.45, 7) is 11.2. The van der Waals surface area contributed by atoms with Crippen molar-refractivity contribution in [3.05, 3.63) is 50.5 Å². The Labute approximate surface area is 152 Å². The smallest absolute Gasteiger partial charge is 0.280 e. The van der Waals surface area contributed by atoms with E-state index in [1.807, 2.05) is 0 Å². The number of halogens is 1. The number of carbonyl (C=O) groups excluding carboxylic acids is 1. The number of aromatic nitrogens is 1. The lowest BCUT2D eigenvalue weighted by Crippen LogP contribution is -2.20. The van der Waals surface area contributed by atoms with Crippen molar-refractivity contribution in [2.24, 2.45) is 10.9 Å². The summed E-state index contributed by atoms with van der Waals surface area (Å²) < 4.78 is 15.9. The van der Waals surface area contributed by atoms with Crippen molar-refractivity contribution in [1.82, 2.24) is 4.57 Å². The molecule has 1 aromatic carbocycles. The van der Waals surface area contributed by atoms with Crippen LogP contribution in [0.3, 0.4) is 0 Å². The van der Waals surface area contributed by atoms with Gasteiger partial charge in [0.05, 0.1) is 0 Å². The van der Waals surface area contributed by atoms with E-state index in [9.17, 15) is 9.18 Å². The zero-order chi connectivity index (χ0) is 18.4. The second-order valence-corrected chi connectivity index (χ2v) is 8.91. The van der Waals surface area contributed by atoms with E-state index in [1.165, 1.54) is 29.5 Å². The van der Waals surface area contributed by atoms with Crippen LogP contribution >= 0.6 is 11.3 Å². The van der Waals surface area contributed by atoms with E-state index in [0.717, 1.165) is 11.3 Å². The van der Waals surface area contributed by atoms with Crippen molar-refractivity contribution in [3.8, 4) is 0 Å². The molecule has 134 valence electrons. The van der Waals surface area contributed by atoms with Gasteiger partial charge >= 0.3 is 0 Å². The van der Waals surface area contributed by atoms with Crippen LogP contribution in [0.15, 0.2) is 23.2 Å². The summed E-state index contributed by atoms with van der Waals surface area (Å²) in [5.74, 6) is -0.0565. The summed E-state index contributed by atoms with van der Waals surface area (Å²) >= 11 is 1.58. The number of nitrogens with zero attached hydrogens (tertiary/aromatic N) is 2. The highest BCUT2D eigenvalue weighted by molar-refractivity contribution is 7.09. The fourth-order valence-corrected chi connectivity index (χ4v) is 4.22. The highest BCUT2D eigenvalue weighted by Crippen LogP contribution is 2.33. The van der Waals surface area contributed by atoms with Crippen LogP contribution in [0.1, 0.15) is 60.1 Å². The number of benzene rings is 1. The Bertz CT molecular complexity index is 882. The molecule has 5 heteroatoms. The van der Waals surface area contributed by atoms with Gasteiger partial charge < -0.3 is 4.57 Å². The Morgan fingerprint density at radius 2 is 2.00 bits per heavy atom. The fraction of sp³-hybridized carbons (Fsp3) is 0.500. The molecule has 0 bridgehead atoms. The van der Waals surface area contributed by atoms with Gasteiger partial charge in [-0.3, -0.25) is 4.79 Å². The Balaban J connectivity index is 2.09. The maximum Gasteiger partial charge on any atom is 0.280 e. The molecule has 0 saturated heterocycles. The summed E-state index contributed by atoms with van der Waals surface area (Å²) in [5.41, 5.74) is 1.88. The van der Waals surface area contributed by atoms with E-state index in [1.54, 1.807) is 30.4 Å². The molecule has 3 rings (SSSR count). The first kappa shape index (κ1) is 18.1. The van der Waals surface area contributed by atoms with E-state index in [2.05, 4.69) is 37.3 Å². The molecular weight excluding hydrogens is 335 g/mol. The van der Waals surface area contributed by atoms with Gasteiger partial charge in [0.25, 0.3) is 5.91 Å². The highest BCUT2D eigenvalue weighted by atomic mass is 32.1. The van der Waals surface area contributed by atoms with E-state index in [-0.39, 0.29) is 17.1 Å². The van der Waals surface area contributed by atoms with Crippen molar-refractivity contribution in [2.75, 3.05) is 0 Å². The van der Waals surface area contributed by atoms with Gasteiger partial charge in [-0.05, 0) is 55.7 Å². The molecule has 0 aliphatic heterocycles. The molecule has 1 aromatic heterocycles. The lowest BCUT2D eigenvalue weighted by Gasteiger charge is -2.17. The number of thiazole rings is 1. The zero-order valence-corrected chi connectivity index (χ0v) is 16.3. The molecule has 1 saturated carbocycles. The van der Waals surface area contributed by atoms with Gasteiger partial charge in [0.15, 0.2) is 4.80 Å². The Morgan fingerprint density at radius 1 is 1.32 bits per heavy atom. The number of carbonyl (C=O) groups is 1. The molecule has 0 unspecified atom stereocenters. The molecular formula is C20H25FN2OS. The van der Waals surface area contributed by atoms with Crippen LogP contribution in [-0.4, -0.2) is 10.5 Å². The highest BCUT2D eigenvalue weighted by Gasteiger charge is 2.27. The number of amides is 1. The van der Waals surface area contributed by atoms with Crippen LogP contribution in [-0.2, 0) is 12.0 Å². The van der Waals surface area contributed by atoms with Gasteiger partial charge in [0.1, 0.15) is 5.82 Å². The van der Waals surface area contributed by atoms with Gasteiger partial charge in [-0.25, -0.2) is 4.39 Å². The molecule has 1 aliphatic carbocycles. The minimum absolute atomic E-state index is 0.00560. The normalized spacial score (nSPS) is 15.7. The predicted molar refractivity (Wildman–Crippen MR) is 99.5 cm³/mol. The van der Waals surface area contributed by atoms with E-state index in [4.69, 9.17) is 0 Å². The van der Waals surface area contributed by atoms with Gasteiger partial charge in [-0.15, -0.1) is 11.3 Å². The van der Waals surface area contributed by atoms with Crippen LogP contribution in [0.4, 0.5) is 4.39 Å². The fourth-order valence-electron chi connectivity index (χ4n) is 3.03. The summed E-state index contributed by atoms with van der Waals surface area (Å²) in [5, 5.41) is 0. The molecule has 0 N–H and O–H groups in total. The van der Waals surface area contributed by atoms with Crippen LogP contribution in [0.25, 0.3) is 0 Å². The Kier molecular flexibility index (Phi) is 4.71. The third kappa shape index (κ3) is 3.76. The number of hydrogen-bond donors (Lipinski definition) is 0. The SMILES string of the molecule is Cc1c(F)cccc1C(=O)/N=c1\sc(C(C)(C)C)c(C)n1CC1CC1. The van der Waals surface area contributed by atoms with E-state index in [0.29, 0.717) is 17.0 Å². The lowest BCUT2D eigenvalue weighted by molar-refractivity contribution is 0.0996. The van der Waals surface area contributed by atoms with Crippen molar-refractivity contribution in [2.45, 2.75) is 59.4 Å². The van der Waals surface area contributed by atoms with Crippen LogP contribution in [0.2, 0.25) is 0 Å². The van der Waals surface area contributed by atoms with Gasteiger partial charge in [-0.2, -0.15) is 4.99 Å². The standard InChI is InChI=1S/C20H25FN2OS/c1-12-15(7-6-8-16(12)21)18(24)22-19-23(11-14-9-10-14)13(2)17(25-19)20(3,4)5/h6-8,14H,9-11H2,1-5H3/b22-19-.